The Morgan fingerprint density at radius 1 is 1.43 bits per heavy atom. The van der Waals surface area contributed by atoms with Gasteiger partial charge in [0.2, 0.25) is 0 Å². The minimum absolute atomic E-state index is 0. The van der Waals surface area contributed by atoms with Crippen LogP contribution in [0.25, 0.3) is 0 Å². The fraction of sp³-hybridized carbons (Fsp3) is 0.455. The summed E-state index contributed by atoms with van der Waals surface area (Å²) in [5, 5.41) is 0.819. The number of benzene rings is 1. The summed E-state index contributed by atoms with van der Waals surface area (Å²) < 4.78 is 0. The molecular weight excluding hydrogens is 217 g/mol. The average molecular weight is 232 g/mol. The molecule has 1 aliphatic rings. The fourth-order valence-electron chi connectivity index (χ4n) is 1.76. The highest BCUT2D eigenvalue weighted by atomic mass is 35.5. The topological polar surface area (TPSA) is 26.0 Å². The van der Waals surface area contributed by atoms with Gasteiger partial charge in [-0.2, -0.15) is 0 Å². The highest BCUT2D eigenvalue weighted by Crippen LogP contribution is 2.42. The number of nitrogens with two attached hydrogens (primary N) is 1. The van der Waals surface area contributed by atoms with E-state index < -0.39 is 0 Å². The normalized spacial score (nSPS) is 17.4. The standard InChI is InChI=1S/C11H14ClN.ClH/c1-7-3-2-4-9(12)10(7)11(13)8-5-6-8;/h2-4,8,11H,5-6,13H2,1H3;1H/t11-;/m1./s1. The zero-order valence-corrected chi connectivity index (χ0v) is 9.74. The van der Waals surface area contributed by atoms with Crippen LogP contribution in [0.5, 0.6) is 0 Å². The molecule has 2 rings (SSSR count). The van der Waals surface area contributed by atoms with Crippen LogP contribution in [0.1, 0.15) is 30.0 Å². The van der Waals surface area contributed by atoms with Gasteiger partial charge in [-0.15, -0.1) is 12.4 Å². The van der Waals surface area contributed by atoms with Crippen molar-refractivity contribution in [1.29, 1.82) is 0 Å². The maximum atomic E-state index is 6.12. The molecule has 0 aromatic heterocycles. The molecular formula is C11H15Cl2N. The predicted molar refractivity (Wildman–Crippen MR) is 63.1 cm³/mol. The first-order valence-corrected chi connectivity index (χ1v) is 5.08. The van der Waals surface area contributed by atoms with Crippen molar-refractivity contribution >= 4 is 24.0 Å². The second-order valence-electron chi connectivity index (χ2n) is 3.83. The van der Waals surface area contributed by atoms with Gasteiger partial charge >= 0.3 is 0 Å². The first-order chi connectivity index (χ1) is 6.20. The van der Waals surface area contributed by atoms with Crippen LogP contribution in [0, 0.1) is 12.8 Å². The molecule has 2 N–H and O–H groups in total. The van der Waals surface area contributed by atoms with Gasteiger partial charge in [-0.25, -0.2) is 0 Å². The van der Waals surface area contributed by atoms with Crippen LogP contribution in [-0.2, 0) is 0 Å². The first-order valence-electron chi connectivity index (χ1n) is 4.70. The van der Waals surface area contributed by atoms with Gasteiger partial charge < -0.3 is 5.73 Å². The van der Waals surface area contributed by atoms with Crippen LogP contribution in [0.4, 0.5) is 0 Å². The first kappa shape index (κ1) is 11.8. The molecule has 1 nitrogen and oxygen atoms in total. The highest BCUT2D eigenvalue weighted by Gasteiger charge is 2.31. The lowest BCUT2D eigenvalue weighted by molar-refractivity contribution is 0.630. The number of aryl methyl sites for hydroxylation is 1. The average Bonchev–Trinajstić information content (AvgIpc) is 2.85. The lowest BCUT2D eigenvalue weighted by Crippen LogP contribution is -2.14. The number of hydrogen-bond donors (Lipinski definition) is 1. The van der Waals surface area contributed by atoms with Gasteiger partial charge in [0.05, 0.1) is 0 Å². The van der Waals surface area contributed by atoms with E-state index in [-0.39, 0.29) is 18.4 Å². The summed E-state index contributed by atoms with van der Waals surface area (Å²) in [5.41, 5.74) is 8.48. The second kappa shape index (κ2) is 4.52. The molecule has 0 bridgehead atoms. The second-order valence-corrected chi connectivity index (χ2v) is 4.24. The molecule has 0 spiro atoms. The number of rotatable bonds is 2. The van der Waals surface area contributed by atoms with Crippen molar-refractivity contribution in [3.8, 4) is 0 Å². The molecule has 14 heavy (non-hydrogen) atoms. The van der Waals surface area contributed by atoms with Crippen molar-refractivity contribution in [2.45, 2.75) is 25.8 Å². The Kier molecular flexibility index (Phi) is 3.82. The monoisotopic (exact) mass is 231 g/mol. The lowest BCUT2D eigenvalue weighted by atomic mass is 9.98. The van der Waals surface area contributed by atoms with Crippen molar-refractivity contribution < 1.29 is 0 Å². The Hall–Kier alpha value is -0.240. The molecule has 1 fully saturated rings. The molecule has 1 aromatic carbocycles. The SMILES string of the molecule is Cc1cccc(Cl)c1[C@H](N)C1CC1.Cl. The van der Waals surface area contributed by atoms with Crippen LogP contribution >= 0.6 is 24.0 Å². The van der Waals surface area contributed by atoms with E-state index in [1.807, 2.05) is 12.1 Å². The largest absolute Gasteiger partial charge is 0.324 e. The van der Waals surface area contributed by atoms with Gasteiger partial charge in [-0.3, -0.25) is 0 Å². The molecule has 0 aliphatic heterocycles. The Morgan fingerprint density at radius 3 is 2.57 bits per heavy atom. The lowest BCUT2D eigenvalue weighted by Gasteiger charge is -2.15. The van der Waals surface area contributed by atoms with Crippen molar-refractivity contribution in [3.63, 3.8) is 0 Å². The van der Waals surface area contributed by atoms with Crippen LogP contribution in [0.2, 0.25) is 5.02 Å². The molecule has 1 saturated carbocycles. The summed E-state index contributed by atoms with van der Waals surface area (Å²) in [5.74, 6) is 0.665. The Bertz CT molecular complexity index is 301. The van der Waals surface area contributed by atoms with Crippen molar-refractivity contribution in [2.24, 2.45) is 11.7 Å². The summed E-state index contributed by atoms with van der Waals surface area (Å²) in [6.45, 7) is 2.07. The van der Waals surface area contributed by atoms with E-state index in [0.29, 0.717) is 5.92 Å². The molecule has 0 heterocycles. The highest BCUT2D eigenvalue weighted by molar-refractivity contribution is 6.31. The molecule has 1 aromatic rings. The van der Waals surface area contributed by atoms with Crippen molar-refractivity contribution in [2.75, 3.05) is 0 Å². The summed E-state index contributed by atoms with van der Waals surface area (Å²) in [6.07, 6.45) is 2.51. The number of hydrogen-bond acceptors (Lipinski definition) is 1. The maximum Gasteiger partial charge on any atom is 0.0456 e. The molecule has 1 atom stereocenters. The Labute approximate surface area is 96.0 Å². The summed E-state index contributed by atoms with van der Waals surface area (Å²) in [6, 6.07) is 6.12. The molecule has 1 aliphatic carbocycles. The summed E-state index contributed by atoms with van der Waals surface area (Å²) in [7, 11) is 0. The molecule has 0 amide bonds. The van der Waals surface area contributed by atoms with Crippen LogP contribution < -0.4 is 5.73 Å². The third-order valence-electron chi connectivity index (χ3n) is 2.73. The van der Waals surface area contributed by atoms with Gasteiger partial charge in [0.15, 0.2) is 0 Å². The third kappa shape index (κ3) is 2.22. The van der Waals surface area contributed by atoms with E-state index in [4.69, 9.17) is 17.3 Å². The van der Waals surface area contributed by atoms with E-state index in [2.05, 4.69) is 13.0 Å². The summed E-state index contributed by atoms with van der Waals surface area (Å²) in [4.78, 5) is 0. The zero-order chi connectivity index (χ0) is 9.42. The van der Waals surface area contributed by atoms with Crippen molar-refractivity contribution in [3.05, 3.63) is 34.3 Å². The molecule has 0 saturated heterocycles. The van der Waals surface area contributed by atoms with Gasteiger partial charge in [0.25, 0.3) is 0 Å². The zero-order valence-electron chi connectivity index (χ0n) is 8.16. The van der Waals surface area contributed by atoms with E-state index in [0.717, 1.165) is 10.6 Å². The minimum Gasteiger partial charge on any atom is -0.324 e. The van der Waals surface area contributed by atoms with Gasteiger partial charge in [0.1, 0.15) is 0 Å². The van der Waals surface area contributed by atoms with E-state index in [1.54, 1.807) is 0 Å². The predicted octanol–water partition coefficient (Wildman–Crippen LogP) is 3.48. The molecule has 78 valence electrons. The molecule has 3 heteroatoms. The van der Waals surface area contributed by atoms with Crippen LogP contribution in [0.15, 0.2) is 18.2 Å². The quantitative estimate of drug-likeness (QED) is 0.829. The minimum atomic E-state index is 0. The third-order valence-corrected chi connectivity index (χ3v) is 3.06. The number of halogens is 2. The molecule has 0 unspecified atom stereocenters. The van der Waals surface area contributed by atoms with E-state index >= 15 is 0 Å². The van der Waals surface area contributed by atoms with Gasteiger partial charge in [0, 0.05) is 11.1 Å². The van der Waals surface area contributed by atoms with E-state index in [9.17, 15) is 0 Å². The Balaban J connectivity index is 0.000000980. The van der Waals surface area contributed by atoms with Gasteiger partial charge in [-0.05, 0) is 42.9 Å². The van der Waals surface area contributed by atoms with Crippen molar-refractivity contribution in [1.82, 2.24) is 0 Å². The fourth-order valence-corrected chi connectivity index (χ4v) is 2.11. The van der Waals surface area contributed by atoms with Gasteiger partial charge in [-0.1, -0.05) is 23.7 Å². The van der Waals surface area contributed by atoms with E-state index in [1.165, 1.54) is 18.4 Å². The summed E-state index contributed by atoms with van der Waals surface area (Å²) >= 11 is 6.12. The molecule has 0 radical (unpaired) electrons. The maximum absolute atomic E-state index is 6.12. The van der Waals surface area contributed by atoms with Crippen LogP contribution in [-0.4, -0.2) is 0 Å². The van der Waals surface area contributed by atoms with Crippen LogP contribution in [0.3, 0.4) is 0 Å². The smallest absolute Gasteiger partial charge is 0.0456 e. The Morgan fingerprint density at radius 2 is 2.07 bits per heavy atom.